The number of esters is 1. The second-order valence-corrected chi connectivity index (χ2v) is 8.07. The van der Waals surface area contributed by atoms with Crippen molar-refractivity contribution in [3.63, 3.8) is 0 Å². The standard InChI is InChI=1S/C21H18FNO7S/c22-14-4-7-19(25)18(11-14)13-2-1-3-16(10-13)31(28,29)23-15-5-6-17(20(26)12-15)21(27)30-9-8-24/h1-7,10-12,23-26H,8-9H2. The molecular formula is C21H18FNO7S. The van der Waals surface area contributed by atoms with Gasteiger partial charge in [0.1, 0.15) is 29.5 Å². The maximum Gasteiger partial charge on any atom is 0.341 e. The molecule has 10 heteroatoms. The van der Waals surface area contributed by atoms with Crippen molar-refractivity contribution in [1.29, 1.82) is 0 Å². The number of phenols is 2. The van der Waals surface area contributed by atoms with Crippen molar-refractivity contribution >= 4 is 21.7 Å². The van der Waals surface area contributed by atoms with Gasteiger partial charge < -0.3 is 20.1 Å². The van der Waals surface area contributed by atoms with Gasteiger partial charge in [-0.3, -0.25) is 4.72 Å². The monoisotopic (exact) mass is 447 g/mol. The average molecular weight is 447 g/mol. The number of benzene rings is 3. The van der Waals surface area contributed by atoms with Gasteiger partial charge in [-0.1, -0.05) is 12.1 Å². The van der Waals surface area contributed by atoms with Gasteiger partial charge in [0.2, 0.25) is 0 Å². The van der Waals surface area contributed by atoms with Crippen molar-refractivity contribution in [2.45, 2.75) is 4.90 Å². The van der Waals surface area contributed by atoms with E-state index in [1.54, 1.807) is 0 Å². The van der Waals surface area contributed by atoms with Gasteiger partial charge in [-0.25, -0.2) is 17.6 Å². The van der Waals surface area contributed by atoms with Crippen molar-refractivity contribution in [3.8, 4) is 22.6 Å². The van der Waals surface area contributed by atoms with Crippen LogP contribution in [0.4, 0.5) is 10.1 Å². The molecule has 0 heterocycles. The highest BCUT2D eigenvalue weighted by Gasteiger charge is 2.18. The molecule has 0 bridgehead atoms. The average Bonchev–Trinajstić information content (AvgIpc) is 2.73. The van der Waals surface area contributed by atoms with E-state index in [1.807, 2.05) is 0 Å². The number of halogens is 1. The van der Waals surface area contributed by atoms with Crippen molar-refractivity contribution in [3.05, 3.63) is 72.0 Å². The number of aromatic hydroxyl groups is 2. The summed E-state index contributed by atoms with van der Waals surface area (Å²) < 4.78 is 46.0. The first-order valence-corrected chi connectivity index (χ1v) is 10.4. The number of anilines is 1. The molecule has 31 heavy (non-hydrogen) atoms. The number of nitrogens with one attached hydrogen (secondary N) is 1. The first-order valence-electron chi connectivity index (χ1n) is 8.94. The van der Waals surface area contributed by atoms with Crippen LogP contribution < -0.4 is 4.72 Å². The zero-order chi connectivity index (χ0) is 22.6. The molecule has 8 nitrogen and oxygen atoms in total. The molecule has 0 aromatic heterocycles. The quantitative estimate of drug-likeness (QED) is 0.409. The van der Waals surface area contributed by atoms with Crippen LogP contribution in [0.5, 0.6) is 11.5 Å². The van der Waals surface area contributed by atoms with Crippen LogP contribution in [0.1, 0.15) is 10.4 Å². The highest BCUT2D eigenvalue weighted by atomic mass is 32.2. The summed E-state index contributed by atoms with van der Waals surface area (Å²) in [5, 5.41) is 28.7. The summed E-state index contributed by atoms with van der Waals surface area (Å²) in [7, 11) is -4.12. The normalized spacial score (nSPS) is 11.2. The molecule has 3 aromatic carbocycles. The maximum atomic E-state index is 13.5. The lowest BCUT2D eigenvalue weighted by Crippen LogP contribution is -2.13. The van der Waals surface area contributed by atoms with Gasteiger partial charge in [0, 0.05) is 11.6 Å². The topological polar surface area (TPSA) is 133 Å². The zero-order valence-electron chi connectivity index (χ0n) is 15.9. The lowest BCUT2D eigenvalue weighted by atomic mass is 10.0. The van der Waals surface area contributed by atoms with Crippen LogP contribution in [0.25, 0.3) is 11.1 Å². The third-order valence-electron chi connectivity index (χ3n) is 4.21. The van der Waals surface area contributed by atoms with Gasteiger partial charge in [0.15, 0.2) is 0 Å². The van der Waals surface area contributed by atoms with E-state index in [4.69, 9.17) is 9.84 Å². The molecule has 0 unspecified atom stereocenters. The van der Waals surface area contributed by atoms with Crippen LogP contribution in [0.15, 0.2) is 65.6 Å². The largest absolute Gasteiger partial charge is 0.507 e. The molecule has 3 rings (SSSR count). The number of aliphatic hydroxyl groups excluding tert-OH is 1. The molecule has 0 aliphatic carbocycles. The molecule has 0 fully saturated rings. The molecule has 0 saturated carbocycles. The Morgan fingerprint density at radius 3 is 2.48 bits per heavy atom. The van der Waals surface area contributed by atoms with E-state index in [0.717, 1.165) is 18.2 Å². The van der Waals surface area contributed by atoms with Crippen LogP contribution in [-0.2, 0) is 14.8 Å². The first kappa shape index (κ1) is 22.1. The molecule has 0 amide bonds. The van der Waals surface area contributed by atoms with Crippen LogP contribution in [0.2, 0.25) is 0 Å². The van der Waals surface area contributed by atoms with E-state index < -0.39 is 27.6 Å². The summed E-state index contributed by atoms with van der Waals surface area (Å²) in [5.74, 6) is -2.19. The number of ether oxygens (including phenoxy) is 1. The van der Waals surface area contributed by atoms with Gasteiger partial charge in [0.05, 0.1) is 17.2 Å². The Bertz CT molecular complexity index is 1230. The number of sulfonamides is 1. The minimum atomic E-state index is -4.12. The third kappa shape index (κ3) is 5.11. The summed E-state index contributed by atoms with van der Waals surface area (Å²) in [5.41, 5.74) is 0.195. The van der Waals surface area contributed by atoms with Gasteiger partial charge in [-0.15, -0.1) is 0 Å². The Balaban J connectivity index is 1.87. The Morgan fingerprint density at radius 2 is 1.77 bits per heavy atom. The summed E-state index contributed by atoms with van der Waals surface area (Å²) in [4.78, 5) is 11.6. The molecule has 0 spiro atoms. The molecule has 4 N–H and O–H groups in total. The molecule has 162 valence electrons. The first-order chi connectivity index (χ1) is 14.7. The molecule has 0 aliphatic rings. The van der Waals surface area contributed by atoms with Gasteiger partial charge in [-0.05, 0) is 48.0 Å². The number of phenolic OH excluding ortho intramolecular Hbond substituents is 2. The van der Waals surface area contributed by atoms with Gasteiger partial charge in [-0.2, -0.15) is 0 Å². The molecule has 0 radical (unpaired) electrons. The number of carbonyl (C=O) groups is 1. The lowest BCUT2D eigenvalue weighted by molar-refractivity contribution is 0.0430. The van der Waals surface area contributed by atoms with Gasteiger partial charge in [0.25, 0.3) is 10.0 Å². The summed E-state index contributed by atoms with van der Waals surface area (Å²) >= 11 is 0. The fourth-order valence-corrected chi connectivity index (χ4v) is 3.86. The van der Waals surface area contributed by atoms with E-state index >= 15 is 0 Å². The maximum absolute atomic E-state index is 13.5. The van der Waals surface area contributed by atoms with Crippen LogP contribution in [0.3, 0.4) is 0 Å². The van der Waals surface area contributed by atoms with E-state index in [1.165, 1.54) is 42.5 Å². The second kappa shape index (κ2) is 9.02. The predicted octanol–water partition coefficient (Wildman–Crippen LogP) is 2.85. The molecule has 0 saturated heterocycles. The Labute approximate surface area is 177 Å². The Hall–Kier alpha value is -3.63. The minimum absolute atomic E-state index is 0.0183. The SMILES string of the molecule is O=C(OCCO)c1ccc(NS(=O)(=O)c2cccc(-c3cc(F)ccc3O)c2)cc1O. The number of rotatable bonds is 7. The second-order valence-electron chi connectivity index (χ2n) is 6.39. The fourth-order valence-electron chi connectivity index (χ4n) is 2.77. The van der Waals surface area contributed by atoms with Crippen molar-refractivity contribution in [2.75, 3.05) is 17.9 Å². The molecule has 3 aromatic rings. The molecular weight excluding hydrogens is 429 g/mol. The molecule has 0 aliphatic heterocycles. The summed E-state index contributed by atoms with van der Waals surface area (Å²) in [6.45, 7) is -0.624. The smallest absolute Gasteiger partial charge is 0.341 e. The zero-order valence-corrected chi connectivity index (χ0v) is 16.8. The summed E-state index contributed by atoms with van der Waals surface area (Å²) in [6.07, 6.45) is 0. The Kier molecular flexibility index (Phi) is 6.42. The lowest BCUT2D eigenvalue weighted by Gasteiger charge is -2.12. The van der Waals surface area contributed by atoms with Crippen molar-refractivity contribution in [1.82, 2.24) is 0 Å². The number of aliphatic hydroxyl groups is 1. The van der Waals surface area contributed by atoms with E-state index in [9.17, 15) is 27.8 Å². The van der Waals surface area contributed by atoms with E-state index in [0.29, 0.717) is 0 Å². The highest BCUT2D eigenvalue weighted by Crippen LogP contribution is 2.32. The number of hydrogen-bond donors (Lipinski definition) is 4. The van der Waals surface area contributed by atoms with Crippen molar-refractivity contribution in [2.24, 2.45) is 0 Å². The van der Waals surface area contributed by atoms with Crippen LogP contribution >= 0.6 is 0 Å². The van der Waals surface area contributed by atoms with Crippen LogP contribution in [0, 0.1) is 5.82 Å². The van der Waals surface area contributed by atoms with Crippen molar-refractivity contribution < 1.29 is 37.7 Å². The third-order valence-corrected chi connectivity index (χ3v) is 5.59. The Morgan fingerprint density at radius 1 is 1.00 bits per heavy atom. The number of carbonyl (C=O) groups excluding carboxylic acids is 1. The van der Waals surface area contributed by atoms with E-state index in [-0.39, 0.29) is 46.2 Å². The number of hydrogen-bond acceptors (Lipinski definition) is 7. The van der Waals surface area contributed by atoms with Gasteiger partial charge >= 0.3 is 5.97 Å². The van der Waals surface area contributed by atoms with Crippen LogP contribution in [-0.4, -0.2) is 42.9 Å². The van der Waals surface area contributed by atoms with E-state index in [2.05, 4.69) is 4.72 Å². The minimum Gasteiger partial charge on any atom is -0.507 e. The predicted molar refractivity (Wildman–Crippen MR) is 110 cm³/mol. The summed E-state index contributed by atoms with van der Waals surface area (Å²) in [6, 6.07) is 12.3. The highest BCUT2D eigenvalue weighted by molar-refractivity contribution is 7.92. The fraction of sp³-hybridized carbons (Fsp3) is 0.0952. The molecule has 0 atom stereocenters.